The fourth-order valence-corrected chi connectivity index (χ4v) is 3.38. The molecule has 1 aliphatic heterocycles. The summed E-state index contributed by atoms with van der Waals surface area (Å²) in [6, 6.07) is 0. The zero-order valence-corrected chi connectivity index (χ0v) is 14.5. The second kappa shape index (κ2) is 9.18. The monoisotopic (exact) mass is 315 g/mol. The van der Waals surface area contributed by atoms with Gasteiger partial charge in [0.2, 0.25) is 0 Å². The third-order valence-corrected chi connectivity index (χ3v) is 4.73. The fraction of sp³-hybridized carbons (Fsp3) is 0.867. The zero-order valence-electron chi connectivity index (χ0n) is 13.7. The first-order valence-electron chi connectivity index (χ1n) is 7.81. The van der Waals surface area contributed by atoms with Crippen LogP contribution in [0.4, 0.5) is 0 Å². The number of nitrogens with one attached hydrogen (secondary N) is 2. The molecule has 0 aromatic carbocycles. The molecule has 0 bridgehead atoms. The molecule has 6 heteroatoms. The average Bonchev–Trinajstić information content (AvgIpc) is 2.82. The van der Waals surface area contributed by atoms with E-state index in [4.69, 9.17) is 4.74 Å². The summed E-state index contributed by atoms with van der Waals surface area (Å²) in [6.45, 7) is 10.2. The zero-order chi connectivity index (χ0) is 15.7. The highest BCUT2D eigenvalue weighted by Crippen LogP contribution is 2.37. The number of esters is 1. The minimum Gasteiger partial charge on any atom is -0.463 e. The van der Waals surface area contributed by atoms with Crippen LogP contribution in [0.5, 0.6) is 0 Å². The van der Waals surface area contributed by atoms with Gasteiger partial charge in [-0.1, -0.05) is 0 Å². The van der Waals surface area contributed by atoms with Gasteiger partial charge in [-0.05, 0) is 46.3 Å². The van der Waals surface area contributed by atoms with Gasteiger partial charge in [-0.3, -0.25) is 9.79 Å². The first-order chi connectivity index (χ1) is 9.95. The summed E-state index contributed by atoms with van der Waals surface area (Å²) in [4.78, 5) is 16.1. The molecule has 0 saturated carbocycles. The molecule has 0 aromatic rings. The van der Waals surface area contributed by atoms with Gasteiger partial charge in [-0.25, -0.2) is 0 Å². The maximum absolute atomic E-state index is 11.5. The number of aliphatic imine (C=N–C) groups is 1. The Bertz CT molecular complexity index is 353. The molecule has 1 unspecified atom stereocenters. The summed E-state index contributed by atoms with van der Waals surface area (Å²) in [7, 11) is 0. The molecular weight excluding hydrogens is 286 g/mol. The third-order valence-electron chi connectivity index (χ3n) is 3.21. The van der Waals surface area contributed by atoms with Crippen LogP contribution < -0.4 is 10.6 Å². The Balaban J connectivity index is 2.36. The molecule has 0 aliphatic carbocycles. The van der Waals surface area contributed by atoms with Crippen LogP contribution >= 0.6 is 11.8 Å². The molecule has 21 heavy (non-hydrogen) atoms. The lowest BCUT2D eigenvalue weighted by atomic mass is 10.1. The van der Waals surface area contributed by atoms with Crippen molar-refractivity contribution in [3.63, 3.8) is 0 Å². The Kier molecular flexibility index (Phi) is 7.93. The van der Waals surface area contributed by atoms with E-state index in [1.165, 1.54) is 18.6 Å². The van der Waals surface area contributed by atoms with Gasteiger partial charge >= 0.3 is 5.97 Å². The van der Waals surface area contributed by atoms with E-state index in [0.717, 1.165) is 19.0 Å². The molecule has 0 aromatic heterocycles. The van der Waals surface area contributed by atoms with Crippen LogP contribution in [0.1, 0.15) is 47.0 Å². The minimum absolute atomic E-state index is 0.0567. The second-order valence-electron chi connectivity index (χ2n) is 5.81. The third kappa shape index (κ3) is 7.60. The quantitative estimate of drug-likeness (QED) is 0.428. The molecule has 1 heterocycles. The molecule has 0 amide bonds. The van der Waals surface area contributed by atoms with Gasteiger partial charge in [0.05, 0.1) is 19.1 Å². The van der Waals surface area contributed by atoms with Crippen LogP contribution in [0.2, 0.25) is 0 Å². The highest BCUT2D eigenvalue weighted by atomic mass is 32.2. The van der Waals surface area contributed by atoms with Crippen LogP contribution in [-0.2, 0) is 9.53 Å². The molecule has 0 spiro atoms. The van der Waals surface area contributed by atoms with Crippen molar-refractivity contribution < 1.29 is 9.53 Å². The Morgan fingerprint density at radius 3 is 2.76 bits per heavy atom. The number of rotatable bonds is 7. The SMILES string of the molecule is CCNC(=NCC1(C)CCCS1)NCCC(=O)OC(C)C. The van der Waals surface area contributed by atoms with Crippen molar-refractivity contribution >= 4 is 23.7 Å². The van der Waals surface area contributed by atoms with Gasteiger partial charge in [-0.15, -0.1) is 0 Å². The fourth-order valence-electron chi connectivity index (χ4n) is 2.15. The molecule has 1 fully saturated rings. The number of hydrogen-bond donors (Lipinski definition) is 2. The Hall–Kier alpha value is -0.910. The molecule has 1 atom stereocenters. The maximum atomic E-state index is 11.5. The summed E-state index contributed by atoms with van der Waals surface area (Å²) < 4.78 is 5.37. The molecule has 1 aliphatic rings. The Morgan fingerprint density at radius 2 is 2.19 bits per heavy atom. The van der Waals surface area contributed by atoms with E-state index in [9.17, 15) is 4.79 Å². The minimum atomic E-state index is -0.174. The molecule has 5 nitrogen and oxygen atoms in total. The Labute approximate surface area is 132 Å². The highest BCUT2D eigenvalue weighted by molar-refractivity contribution is 8.00. The van der Waals surface area contributed by atoms with E-state index in [1.54, 1.807) is 0 Å². The lowest BCUT2D eigenvalue weighted by Gasteiger charge is -2.21. The van der Waals surface area contributed by atoms with Crippen molar-refractivity contribution in [2.24, 2.45) is 4.99 Å². The average molecular weight is 315 g/mol. The first kappa shape index (κ1) is 18.1. The normalized spacial score (nSPS) is 22.4. The number of thioether (sulfide) groups is 1. The van der Waals surface area contributed by atoms with Crippen LogP contribution in [0.25, 0.3) is 0 Å². The lowest BCUT2D eigenvalue weighted by Crippen LogP contribution is -2.39. The Morgan fingerprint density at radius 1 is 1.43 bits per heavy atom. The predicted molar refractivity (Wildman–Crippen MR) is 89.9 cm³/mol. The lowest BCUT2D eigenvalue weighted by molar-refractivity contribution is -0.147. The predicted octanol–water partition coefficient (Wildman–Crippen LogP) is 2.17. The number of hydrogen-bond acceptors (Lipinski definition) is 4. The number of carbonyl (C=O) groups excluding carboxylic acids is 1. The molecule has 1 saturated heterocycles. The van der Waals surface area contributed by atoms with E-state index in [1.807, 2.05) is 32.5 Å². The van der Waals surface area contributed by atoms with Crippen molar-refractivity contribution in [1.29, 1.82) is 0 Å². The molecule has 0 radical (unpaired) electrons. The van der Waals surface area contributed by atoms with Gasteiger partial charge in [0.1, 0.15) is 0 Å². The van der Waals surface area contributed by atoms with Gasteiger partial charge in [0.15, 0.2) is 5.96 Å². The van der Waals surface area contributed by atoms with Crippen molar-refractivity contribution in [3.05, 3.63) is 0 Å². The number of guanidine groups is 1. The van der Waals surface area contributed by atoms with E-state index < -0.39 is 0 Å². The van der Waals surface area contributed by atoms with E-state index in [-0.39, 0.29) is 16.8 Å². The summed E-state index contributed by atoms with van der Waals surface area (Å²) in [5.74, 6) is 1.84. The van der Waals surface area contributed by atoms with Crippen LogP contribution in [0.15, 0.2) is 4.99 Å². The smallest absolute Gasteiger partial charge is 0.307 e. The largest absolute Gasteiger partial charge is 0.463 e. The standard InChI is InChI=1S/C15H29N3O2S/c1-5-16-14(17-9-7-13(19)20-12(2)3)18-11-15(4)8-6-10-21-15/h12H,5-11H2,1-4H3,(H2,16,17,18). The topological polar surface area (TPSA) is 62.7 Å². The summed E-state index contributed by atoms with van der Waals surface area (Å²) in [6.07, 6.45) is 2.80. The van der Waals surface area contributed by atoms with Crippen molar-refractivity contribution in [1.82, 2.24) is 10.6 Å². The van der Waals surface area contributed by atoms with E-state index in [0.29, 0.717) is 13.0 Å². The number of carbonyl (C=O) groups is 1. The van der Waals surface area contributed by atoms with Gasteiger partial charge in [0.25, 0.3) is 0 Å². The summed E-state index contributed by atoms with van der Waals surface area (Å²) >= 11 is 2.00. The van der Waals surface area contributed by atoms with E-state index >= 15 is 0 Å². The number of ether oxygens (including phenoxy) is 1. The molecular formula is C15H29N3O2S. The van der Waals surface area contributed by atoms with Crippen molar-refractivity contribution in [2.45, 2.75) is 57.8 Å². The van der Waals surface area contributed by atoms with Crippen molar-refractivity contribution in [3.8, 4) is 0 Å². The molecule has 2 N–H and O–H groups in total. The molecule has 122 valence electrons. The van der Waals surface area contributed by atoms with Crippen LogP contribution in [-0.4, -0.2) is 48.2 Å². The summed E-state index contributed by atoms with van der Waals surface area (Å²) in [5.41, 5.74) is 0. The van der Waals surface area contributed by atoms with Crippen molar-refractivity contribution in [2.75, 3.05) is 25.4 Å². The van der Waals surface area contributed by atoms with E-state index in [2.05, 4.69) is 22.5 Å². The van der Waals surface area contributed by atoms with Gasteiger partial charge in [-0.2, -0.15) is 11.8 Å². The highest BCUT2D eigenvalue weighted by Gasteiger charge is 2.29. The number of nitrogens with zero attached hydrogens (tertiary/aromatic N) is 1. The maximum Gasteiger partial charge on any atom is 0.307 e. The van der Waals surface area contributed by atoms with Gasteiger partial charge < -0.3 is 15.4 Å². The van der Waals surface area contributed by atoms with Crippen LogP contribution in [0.3, 0.4) is 0 Å². The second-order valence-corrected chi connectivity index (χ2v) is 7.49. The summed E-state index contributed by atoms with van der Waals surface area (Å²) in [5, 5.41) is 6.41. The first-order valence-corrected chi connectivity index (χ1v) is 8.79. The molecule has 1 rings (SSSR count). The van der Waals surface area contributed by atoms with Gasteiger partial charge in [0, 0.05) is 17.8 Å². The van der Waals surface area contributed by atoms with Crippen LogP contribution in [0, 0.1) is 0 Å².